The van der Waals surface area contributed by atoms with Crippen LogP contribution in [0.25, 0.3) is 0 Å². The number of hydrogen-bond donors (Lipinski definition) is 2. The standard InChI is InChI=1S/C13H14ClN3O3S/c14-13-12(5-2-6-16-13)17-21(18,19)8-7-20-11-4-1-3-10(15)9-11/h1-6,9,17H,7-8,15H2. The van der Waals surface area contributed by atoms with Gasteiger partial charge < -0.3 is 10.5 Å². The fourth-order valence-electron chi connectivity index (χ4n) is 1.55. The Bertz CT molecular complexity index is 722. The molecule has 0 aliphatic carbocycles. The SMILES string of the molecule is Nc1cccc(OCCS(=O)(=O)Nc2cccnc2Cl)c1. The third-order valence-corrected chi connectivity index (χ3v) is 4.04. The fraction of sp³-hybridized carbons (Fsp3) is 0.154. The summed E-state index contributed by atoms with van der Waals surface area (Å²) in [5, 5.41) is 0.0952. The van der Waals surface area contributed by atoms with Crippen LogP contribution in [0, 0.1) is 0 Å². The van der Waals surface area contributed by atoms with Crippen LogP contribution < -0.4 is 15.2 Å². The topological polar surface area (TPSA) is 94.3 Å². The summed E-state index contributed by atoms with van der Waals surface area (Å²) in [7, 11) is -3.57. The number of halogens is 1. The first kappa shape index (κ1) is 15.4. The number of aromatic nitrogens is 1. The molecule has 2 rings (SSSR count). The predicted octanol–water partition coefficient (Wildman–Crippen LogP) is 2.14. The first-order valence-electron chi connectivity index (χ1n) is 6.06. The normalized spacial score (nSPS) is 11.1. The zero-order chi connectivity index (χ0) is 15.3. The number of pyridine rings is 1. The smallest absolute Gasteiger partial charge is 0.236 e. The van der Waals surface area contributed by atoms with Gasteiger partial charge in [0.2, 0.25) is 10.0 Å². The molecular formula is C13H14ClN3O3S. The predicted molar refractivity (Wildman–Crippen MR) is 83.0 cm³/mol. The maximum absolute atomic E-state index is 11.9. The Hall–Kier alpha value is -1.99. The number of rotatable bonds is 6. The van der Waals surface area contributed by atoms with Gasteiger partial charge in [0.25, 0.3) is 0 Å². The van der Waals surface area contributed by atoms with Crippen LogP contribution in [-0.4, -0.2) is 25.8 Å². The highest BCUT2D eigenvalue weighted by atomic mass is 35.5. The maximum atomic E-state index is 11.9. The molecule has 112 valence electrons. The van der Waals surface area contributed by atoms with Crippen molar-refractivity contribution in [2.24, 2.45) is 0 Å². The lowest BCUT2D eigenvalue weighted by Crippen LogP contribution is -2.21. The second kappa shape index (κ2) is 6.64. The van der Waals surface area contributed by atoms with Crippen molar-refractivity contribution in [3.05, 3.63) is 47.7 Å². The van der Waals surface area contributed by atoms with E-state index in [0.29, 0.717) is 11.4 Å². The maximum Gasteiger partial charge on any atom is 0.236 e. The molecule has 6 nitrogen and oxygen atoms in total. The second-order valence-electron chi connectivity index (χ2n) is 4.18. The minimum absolute atomic E-state index is 0.00331. The molecule has 0 atom stereocenters. The van der Waals surface area contributed by atoms with Gasteiger partial charge in [0.05, 0.1) is 5.69 Å². The van der Waals surface area contributed by atoms with Crippen LogP contribution in [0.4, 0.5) is 11.4 Å². The summed E-state index contributed by atoms with van der Waals surface area (Å²) < 4.78 is 31.5. The van der Waals surface area contributed by atoms with Gasteiger partial charge in [0.15, 0.2) is 5.15 Å². The highest BCUT2D eigenvalue weighted by Gasteiger charge is 2.13. The van der Waals surface area contributed by atoms with Gasteiger partial charge in [-0.2, -0.15) is 0 Å². The molecule has 21 heavy (non-hydrogen) atoms. The van der Waals surface area contributed by atoms with E-state index in [1.165, 1.54) is 12.3 Å². The van der Waals surface area contributed by atoms with Crippen LogP contribution in [0.1, 0.15) is 0 Å². The molecule has 1 heterocycles. The molecule has 0 saturated heterocycles. The number of benzene rings is 1. The van der Waals surface area contributed by atoms with Gasteiger partial charge in [-0.05, 0) is 24.3 Å². The summed E-state index contributed by atoms with van der Waals surface area (Å²) in [4.78, 5) is 3.79. The zero-order valence-corrected chi connectivity index (χ0v) is 12.6. The van der Waals surface area contributed by atoms with E-state index in [-0.39, 0.29) is 23.2 Å². The van der Waals surface area contributed by atoms with Gasteiger partial charge in [-0.25, -0.2) is 13.4 Å². The number of ether oxygens (including phenoxy) is 1. The Kier molecular flexibility index (Phi) is 4.87. The number of hydrogen-bond acceptors (Lipinski definition) is 5. The van der Waals surface area contributed by atoms with E-state index >= 15 is 0 Å². The average molecular weight is 328 g/mol. The number of nitrogen functional groups attached to an aromatic ring is 1. The van der Waals surface area contributed by atoms with E-state index < -0.39 is 10.0 Å². The molecule has 8 heteroatoms. The van der Waals surface area contributed by atoms with Crippen LogP contribution in [0.2, 0.25) is 5.15 Å². The van der Waals surface area contributed by atoms with Crippen LogP contribution in [-0.2, 0) is 10.0 Å². The Morgan fingerprint density at radius 2 is 2.10 bits per heavy atom. The third-order valence-electron chi connectivity index (χ3n) is 2.50. The molecule has 0 spiro atoms. The van der Waals surface area contributed by atoms with E-state index in [4.69, 9.17) is 22.1 Å². The molecule has 0 amide bonds. The van der Waals surface area contributed by atoms with Crippen LogP contribution in [0.3, 0.4) is 0 Å². The summed E-state index contributed by atoms with van der Waals surface area (Å²) in [6.07, 6.45) is 1.48. The molecule has 1 aromatic heterocycles. The van der Waals surface area contributed by atoms with Crippen molar-refractivity contribution in [1.82, 2.24) is 4.98 Å². The Balaban J connectivity index is 1.91. The number of anilines is 2. The molecule has 0 unspecified atom stereocenters. The van der Waals surface area contributed by atoms with Crippen molar-refractivity contribution in [2.75, 3.05) is 22.8 Å². The summed E-state index contributed by atoms with van der Waals surface area (Å²) >= 11 is 5.79. The second-order valence-corrected chi connectivity index (χ2v) is 6.38. The summed E-state index contributed by atoms with van der Waals surface area (Å²) in [5.41, 5.74) is 6.39. The number of nitrogens with one attached hydrogen (secondary N) is 1. The van der Waals surface area contributed by atoms with E-state index in [9.17, 15) is 8.42 Å². The van der Waals surface area contributed by atoms with Crippen molar-refractivity contribution in [1.29, 1.82) is 0 Å². The highest BCUT2D eigenvalue weighted by Crippen LogP contribution is 2.19. The first-order valence-corrected chi connectivity index (χ1v) is 8.09. The molecule has 2 aromatic rings. The summed E-state index contributed by atoms with van der Waals surface area (Å²) in [6.45, 7) is -0.00331. The summed E-state index contributed by atoms with van der Waals surface area (Å²) in [6, 6.07) is 9.90. The minimum Gasteiger partial charge on any atom is -0.492 e. The molecule has 3 N–H and O–H groups in total. The third kappa shape index (κ3) is 4.80. The Morgan fingerprint density at radius 3 is 2.81 bits per heavy atom. The molecule has 0 aliphatic rings. The highest BCUT2D eigenvalue weighted by molar-refractivity contribution is 7.92. The molecular weight excluding hydrogens is 314 g/mol. The van der Waals surface area contributed by atoms with E-state index in [1.807, 2.05) is 0 Å². The summed E-state index contributed by atoms with van der Waals surface area (Å²) in [5.74, 6) is 0.303. The van der Waals surface area contributed by atoms with Gasteiger partial charge in [-0.1, -0.05) is 17.7 Å². The van der Waals surface area contributed by atoms with Gasteiger partial charge in [-0.15, -0.1) is 0 Å². The van der Waals surface area contributed by atoms with Crippen molar-refractivity contribution in [3.63, 3.8) is 0 Å². The molecule has 1 aromatic carbocycles. The first-order chi connectivity index (χ1) is 9.96. The quantitative estimate of drug-likeness (QED) is 0.626. The largest absolute Gasteiger partial charge is 0.492 e. The average Bonchev–Trinajstić information content (AvgIpc) is 2.41. The van der Waals surface area contributed by atoms with Crippen LogP contribution >= 0.6 is 11.6 Å². The van der Waals surface area contributed by atoms with E-state index in [1.54, 1.807) is 30.3 Å². The lowest BCUT2D eigenvalue weighted by atomic mass is 10.3. The van der Waals surface area contributed by atoms with Gasteiger partial charge in [-0.3, -0.25) is 4.72 Å². The monoisotopic (exact) mass is 327 g/mol. The van der Waals surface area contributed by atoms with Crippen molar-refractivity contribution < 1.29 is 13.2 Å². The number of sulfonamides is 1. The van der Waals surface area contributed by atoms with Crippen LogP contribution in [0.5, 0.6) is 5.75 Å². The van der Waals surface area contributed by atoms with Gasteiger partial charge in [0, 0.05) is 18.0 Å². The molecule has 0 saturated carbocycles. The lowest BCUT2D eigenvalue weighted by Gasteiger charge is -2.10. The van der Waals surface area contributed by atoms with E-state index in [0.717, 1.165) is 0 Å². The van der Waals surface area contributed by atoms with Crippen molar-refractivity contribution in [2.45, 2.75) is 0 Å². The minimum atomic E-state index is -3.57. The van der Waals surface area contributed by atoms with Gasteiger partial charge in [0.1, 0.15) is 18.1 Å². The molecule has 0 bridgehead atoms. The van der Waals surface area contributed by atoms with E-state index in [2.05, 4.69) is 9.71 Å². The van der Waals surface area contributed by atoms with Crippen molar-refractivity contribution >= 4 is 33.0 Å². The lowest BCUT2D eigenvalue weighted by molar-refractivity contribution is 0.341. The molecule has 0 radical (unpaired) electrons. The van der Waals surface area contributed by atoms with Gasteiger partial charge >= 0.3 is 0 Å². The Morgan fingerprint density at radius 1 is 1.29 bits per heavy atom. The number of nitrogens with two attached hydrogens (primary N) is 1. The Labute approximate surface area is 128 Å². The zero-order valence-electron chi connectivity index (χ0n) is 11.0. The van der Waals surface area contributed by atoms with Crippen molar-refractivity contribution in [3.8, 4) is 5.75 Å². The fourth-order valence-corrected chi connectivity index (χ4v) is 2.68. The van der Waals surface area contributed by atoms with Crippen LogP contribution in [0.15, 0.2) is 42.6 Å². The molecule has 0 aliphatic heterocycles. The molecule has 0 fully saturated rings. The number of nitrogens with zero attached hydrogens (tertiary/aromatic N) is 1.